The third-order valence-electron chi connectivity index (χ3n) is 6.43. The van der Waals surface area contributed by atoms with Crippen molar-refractivity contribution >= 4 is 17.4 Å². The summed E-state index contributed by atoms with van der Waals surface area (Å²) >= 11 is 0. The van der Waals surface area contributed by atoms with Crippen LogP contribution < -0.4 is 4.90 Å². The second-order valence-corrected chi connectivity index (χ2v) is 8.94. The van der Waals surface area contributed by atoms with E-state index in [1.54, 1.807) is 17.0 Å². The van der Waals surface area contributed by atoms with E-state index in [1.807, 2.05) is 6.07 Å². The Labute approximate surface area is 203 Å². The fourth-order valence-electron chi connectivity index (χ4n) is 4.68. The summed E-state index contributed by atoms with van der Waals surface area (Å²) in [6, 6.07) is 14.2. The maximum absolute atomic E-state index is 13.2. The highest BCUT2D eigenvalue weighted by molar-refractivity contribution is 5.95. The topological polar surface area (TPSA) is 102 Å². The minimum atomic E-state index is -0.484. The fourth-order valence-corrected chi connectivity index (χ4v) is 4.68. The summed E-state index contributed by atoms with van der Waals surface area (Å²) in [7, 11) is 0. The lowest BCUT2D eigenvalue weighted by atomic mass is 10.0. The highest BCUT2D eigenvalue weighted by atomic mass is 16.6. The summed E-state index contributed by atoms with van der Waals surface area (Å²) in [4.78, 5) is 37.7. The number of non-ortho nitro benzene ring substituents is 1. The van der Waals surface area contributed by atoms with Crippen LogP contribution in [0.5, 0.6) is 0 Å². The van der Waals surface area contributed by atoms with Crippen molar-refractivity contribution in [3.8, 4) is 0 Å². The van der Waals surface area contributed by atoms with E-state index in [2.05, 4.69) is 30.0 Å². The van der Waals surface area contributed by atoms with Gasteiger partial charge in [0.1, 0.15) is 11.6 Å². The summed E-state index contributed by atoms with van der Waals surface area (Å²) in [5.74, 6) is 1.41. The fraction of sp³-hybridized carbons (Fsp3) is 0.346. The van der Waals surface area contributed by atoms with Crippen molar-refractivity contribution in [2.45, 2.75) is 26.3 Å². The number of carbonyl (C=O) groups excluding carboxylic acids is 1. The van der Waals surface area contributed by atoms with Gasteiger partial charge in [-0.05, 0) is 18.6 Å². The number of anilines is 1. The molecule has 9 heteroatoms. The average Bonchev–Trinajstić information content (AvgIpc) is 2.88. The van der Waals surface area contributed by atoms with E-state index in [4.69, 9.17) is 14.7 Å². The van der Waals surface area contributed by atoms with Gasteiger partial charge in [0, 0.05) is 55.7 Å². The zero-order valence-corrected chi connectivity index (χ0v) is 19.6. The number of nitro groups is 1. The molecule has 5 rings (SSSR count). The Hall–Kier alpha value is -3.85. The Bertz CT molecular complexity index is 1270. The molecule has 35 heavy (non-hydrogen) atoms. The lowest BCUT2D eigenvalue weighted by Crippen LogP contribution is -2.41. The van der Waals surface area contributed by atoms with Gasteiger partial charge >= 0.3 is 0 Å². The number of hydrogen-bond donors (Lipinski definition) is 0. The number of ether oxygens (including phenoxy) is 1. The van der Waals surface area contributed by atoms with Gasteiger partial charge < -0.3 is 14.5 Å². The van der Waals surface area contributed by atoms with Crippen molar-refractivity contribution in [2.75, 3.05) is 37.7 Å². The zero-order valence-electron chi connectivity index (χ0n) is 19.6. The molecule has 1 amide bonds. The quantitative estimate of drug-likeness (QED) is 0.414. The molecule has 180 valence electrons. The van der Waals surface area contributed by atoms with Crippen LogP contribution >= 0.6 is 0 Å². The Balaban J connectivity index is 1.46. The van der Waals surface area contributed by atoms with Crippen LogP contribution in [0.2, 0.25) is 0 Å². The van der Waals surface area contributed by atoms with Crippen molar-refractivity contribution in [2.24, 2.45) is 0 Å². The van der Waals surface area contributed by atoms with Gasteiger partial charge in [-0.15, -0.1) is 0 Å². The van der Waals surface area contributed by atoms with E-state index in [1.165, 1.54) is 17.7 Å². The third kappa shape index (κ3) is 5.00. The molecule has 1 saturated heterocycles. The first-order valence-electron chi connectivity index (χ1n) is 11.8. The van der Waals surface area contributed by atoms with Gasteiger partial charge in [0.25, 0.3) is 11.6 Å². The number of amides is 1. The number of aromatic nitrogens is 2. The second kappa shape index (κ2) is 9.79. The molecular formula is C26H27N5O4. The van der Waals surface area contributed by atoms with Crippen LogP contribution in [-0.4, -0.2) is 58.5 Å². The van der Waals surface area contributed by atoms with Crippen LogP contribution in [0.15, 0.2) is 48.5 Å². The summed E-state index contributed by atoms with van der Waals surface area (Å²) in [6.45, 7) is 5.65. The van der Waals surface area contributed by atoms with E-state index < -0.39 is 4.92 Å². The Morgan fingerprint density at radius 1 is 1.09 bits per heavy atom. The first-order chi connectivity index (χ1) is 17.0. The first-order valence-corrected chi connectivity index (χ1v) is 11.8. The molecule has 0 aliphatic carbocycles. The smallest absolute Gasteiger partial charge is 0.270 e. The maximum Gasteiger partial charge on any atom is 0.270 e. The molecule has 0 atom stereocenters. The van der Waals surface area contributed by atoms with Crippen molar-refractivity contribution < 1.29 is 14.5 Å². The van der Waals surface area contributed by atoms with Gasteiger partial charge in [0.05, 0.1) is 30.4 Å². The van der Waals surface area contributed by atoms with Gasteiger partial charge in [-0.25, -0.2) is 9.97 Å². The minimum Gasteiger partial charge on any atom is -0.378 e. The van der Waals surface area contributed by atoms with Crippen LogP contribution in [0.3, 0.4) is 0 Å². The lowest BCUT2D eigenvalue weighted by Gasteiger charge is -2.34. The molecule has 2 aliphatic rings. The molecule has 0 N–H and O–H groups in total. The molecule has 2 aromatic carbocycles. The molecule has 0 bridgehead atoms. The number of rotatable bonds is 5. The average molecular weight is 474 g/mol. The number of nitro benzene ring substituents is 1. The van der Waals surface area contributed by atoms with Gasteiger partial charge in [-0.2, -0.15) is 0 Å². The second-order valence-electron chi connectivity index (χ2n) is 8.94. The summed E-state index contributed by atoms with van der Waals surface area (Å²) in [6.07, 6.45) is 1.25. The molecule has 1 aromatic heterocycles. The monoisotopic (exact) mass is 473 g/mol. The summed E-state index contributed by atoms with van der Waals surface area (Å²) in [5, 5.41) is 11.2. The molecule has 0 radical (unpaired) electrons. The molecule has 0 saturated carbocycles. The number of hydrogen-bond acceptors (Lipinski definition) is 7. The summed E-state index contributed by atoms with van der Waals surface area (Å²) in [5.41, 5.74) is 4.50. The standard InChI is InChI=1S/C26H27N5O4/c1-18-4-2-5-19(14-18)15-24-27-23-8-9-30(26(32)20-6-3-7-21(16-20)31(33)34)17-22(23)25(28-24)29-10-12-35-13-11-29/h2-7,14,16H,8-13,15,17H2,1H3. The van der Waals surface area contributed by atoms with Crippen molar-refractivity contribution in [1.82, 2.24) is 14.9 Å². The van der Waals surface area contributed by atoms with Gasteiger partial charge in [-0.1, -0.05) is 35.9 Å². The van der Waals surface area contributed by atoms with Crippen LogP contribution in [0.25, 0.3) is 0 Å². The molecule has 3 aromatic rings. The van der Waals surface area contributed by atoms with Crippen molar-refractivity contribution in [1.29, 1.82) is 0 Å². The normalized spacial score (nSPS) is 15.6. The summed E-state index contributed by atoms with van der Waals surface area (Å²) < 4.78 is 5.55. The molecule has 0 spiro atoms. The number of carbonyl (C=O) groups is 1. The first kappa shape index (κ1) is 22.9. The molecular weight excluding hydrogens is 446 g/mol. The predicted octanol–water partition coefficient (Wildman–Crippen LogP) is 3.32. The van der Waals surface area contributed by atoms with Crippen LogP contribution in [0.4, 0.5) is 11.5 Å². The molecule has 0 unspecified atom stereocenters. The molecule has 9 nitrogen and oxygen atoms in total. The van der Waals surface area contributed by atoms with E-state index in [0.29, 0.717) is 44.7 Å². The van der Waals surface area contributed by atoms with Gasteiger partial charge in [0.2, 0.25) is 0 Å². The SMILES string of the molecule is Cc1cccc(Cc2nc3c(c(N4CCOCC4)n2)CN(C(=O)c2cccc([N+](=O)[O-])c2)CC3)c1. The van der Waals surface area contributed by atoms with E-state index >= 15 is 0 Å². The maximum atomic E-state index is 13.2. The highest BCUT2D eigenvalue weighted by Crippen LogP contribution is 2.29. The lowest BCUT2D eigenvalue weighted by molar-refractivity contribution is -0.384. The van der Waals surface area contributed by atoms with E-state index in [0.717, 1.165) is 41.6 Å². The molecule has 3 heterocycles. The largest absolute Gasteiger partial charge is 0.378 e. The number of fused-ring (bicyclic) bond motifs is 1. The van der Waals surface area contributed by atoms with Gasteiger partial charge in [-0.3, -0.25) is 14.9 Å². The van der Waals surface area contributed by atoms with Crippen molar-refractivity contribution in [3.63, 3.8) is 0 Å². The van der Waals surface area contributed by atoms with Crippen LogP contribution in [-0.2, 0) is 24.1 Å². The van der Waals surface area contributed by atoms with Crippen LogP contribution in [0, 0.1) is 17.0 Å². The minimum absolute atomic E-state index is 0.0913. The van der Waals surface area contributed by atoms with Crippen LogP contribution in [0.1, 0.15) is 38.6 Å². The zero-order chi connectivity index (χ0) is 24.4. The Morgan fingerprint density at radius 3 is 2.66 bits per heavy atom. The Morgan fingerprint density at radius 2 is 1.89 bits per heavy atom. The number of benzene rings is 2. The van der Waals surface area contributed by atoms with E-state index in [9.17, 15) is 14.9 Å². The third-order valence-corrected chi connectivity index (χ3v) is 6.43. The van der Waals surface area contributed by atoms with Gasteiger partial charge in [0.15, 0.2) is 0 Å². The van der Waals surface area contributed by atoms with Crippen molar-refractivity contribution in [3.05, 3.63) is 92.4 Å². The molecule has 1 fully saturated rings. The molecule has 2 aliphatic heterocycles. The number of nitrogens with zero attached hydrogens (tertiary/aromatic N) is 5. The highest BCUT2D eigenvalue weighted by Gasteiger charge is 2.29. The predicted molar refractivity (Wildman–Crippen MR) is 131 cm³/mol. The van der Waals surface area contributed by atoms with E-state index in [-0.39, 0.29) is 11.6 Å². The number of aryl methyl sites for hydroxylation is 1. The number of morpholine rings is 1. The Kier molecular flexibility index (Phi) is 6.41.